The van der Waals surface area contributed by atoms with Gasteiger partial charge in [0.1, 0.15) is 0 Å². The van der Waals surface area contributed by atoms with Crippen LogP contribution in [0.2, 0.25) is 5.02 Å². The molecule has 0 saturated carbocycles. The lowest BCUT2D eigenvalue weighted by Gasteiger charge is -2.36. The molecule has 25 heavy (non-hydrogen) atoms. The number of rotatable bonds is 4. The maximum absolute atomic E-state index is 12.9. The Kier molecular flexibility index (Phi) is 5.95. The van der Waals surface area contributed by atoms with Crippen LogP contribution in [0.4, 0.5) is 18.9 Å². The highest BCUT2D eigenvalue weighted by molar-refractivity contribution is 6.31. The van der Waals surface area contributed by atoms with Crippen molar-refractivity contribution in [2.75, 3.05) is 25.0 Å². The number of nitrogens with one attached hydrogen (secondary N) is 2. The second-order valence-electron chi connectivity index (χ2n) is 6.19. The third kappa shape index (κ3) is 4.85. The van der Waals surface area contributed by atoms with Gasteiger partial charge in [0, 0.05) is 18.8 Å². The summed E-state index contributed by atoms with van der Waals surface area (Å²) in [6.45, 7) is 4.58. The SMILES string of the molecule is CC(C)C1C(=O)NCCN1CC(=O)Nc1ccc(Cl)c(C(F)(F)F)c1. The molecule has 2 amide bonds. The van der Waals surface area contributed by atoms with Gasteiger partial charge in [0.2, 0.25) is 11.8 Å². The van der Waals surface area contributed by atoms with E-state index in [1.54, 1.807) is 4.90 Å². The molecule has 0 aromatic heterocycles. The number of benzene rings is 1. The van der Waals surface area contributed by atoms with Crippen LogP contribution in [-0.4, -0.2) is 42.4 Å². The number of halogens is 4. The van der Waals surface area contributed by atoms with Crippen LogP contribution in [0.25, 0.3) is 0 Å². The van der Waals surface area contributed by atoms with Crippen LogP contribution in [0.1, 0.15) is 19.4 Å². The predicted octanol–water partition coefficient (Wildman–Crippen LogP) is 2.75. The minimum atomic E-state index is -4.61. The van der Waals surface area contributed by atoms with Crippen LogP contribution >= 0.6 is 11.6 Å². The summed E-state index contributed by atoms with van der Waals surface area (Å²) in [6.07, 6.45) is -4.61. The zero-order chi connectivity index (χ0) is 18.8. The molecule has 0 spiro atoms. The molecule has 1 aliphatic rings. The first kappa shape index (κ1) is 19.5. The molecular formula is C16H19ClF3N3O2. The Bertz CT molecular complexity index is 665. The molecule has 2 rings (SSSR count). The van der Waals surface area contributed by atoms with Crippen molar-refractivity contribution in [3.63, 3.8) is 0 Å². The maximum atomic E-state index is 12.9. The zero-order valence-corrected chi connectivity index (χ0v) is 14.5. The second-order valence-corrected chi connectivity index (χ2v) is 6.60. The van der Waals surface area contributed by atoms with E-state index in [1.165, 1.54) is 6.07 Å². The van der Waals surface area contributed by atoms with E-state index in [-0.39, 0.29) is 24.1 Å². The molecule has 5 nitrogen and oxygen atoms in total. The van der Waals surface area contributed by atoms with E-state index in [0.717, 1.165) is 12.1 Å². The van der Waals surface area contributed by atoms with Crippen LogP contribution in [0.5, 0.6) is 0 Å². The highest BCUT2D eigenvalue weighted by Crippen LogP contribution is 2.36. The van der Waals surface area contributed by atoms with E-state index in [1.807, 2.05) is 13.8 Å². The molecule has 0 aliphatic carbocycles. The monoisotopic (exact) mass is 377 g/mol. The van der Waals surface area contributed by atoms with E-state index in [9.17, 15) is 22.8 Å². The van der Waals surface area contributed by atoms with Crippen molar-refractivity contribution in [3.8, 4) is 0 Å². The van der Waals surface area contributed by atoms with Crippen molar-refractivity contribution >= 4 is 29.1 Å². The van der Waals surface area contributed by atoms with Gasteiger partial charge >= 0.3 is 6.18 Å². The molecular weight excluding hydrogens is 359 g/mol. The second kappa shape index (κ2) is 7.61. The molecule has 1 aliphatic heterocycles. The van der Waals surface area contributed by atoms with Crippen molar-refractivity contribution in [1.29, 1.82) is 0 Å². The third-order valence-corrected chi connectivity index (χ3v) is 4.22. The molecule has 1 heterocycles. The maximum Gasteiger partial charge on any atom is 0.417 e. The van der Waals surface area contributed by atoms with Crippen LogP contribution in [0, 0.1) is 5.92 Å². The fourth-order valence-corrected chi connectivity index (χ4v) is 3.06. The van der Waals surface area contributed by atoms with Crippen molar-refractivity contribution in [3.05, 3.63) is 28.8 Å². The van der Waals surface area contributed by atoms with Crippen molar-refractivity contribution in [2.24, 2.45) is 5.92 Å². The predicted molar refractivity (Wildman–Crippen MR) is 88.3 cm³/mol. The Balaban J connectivity index is 2.08. The van der Waals surface area contributed by atoms with E-state index < -0.39 is 28.7 Å². The number of nitrogens with zero attached hydrogens (tertiary/aromatic N) is 1. The smallest absolute Gasteiger partial charge is 0.353 e. The highest BCUT2D eigenvalue weighted by atomic mass is 35.5. The van der Waals surface area contributed by atoms with Crippen molar-refractivity contribution < 1.29 is 22.8 Å². The molecule has 1 aromatic rings. The van der Waals surface area contributed by atoms with Crippen LogP contribution in [0.15, 0.2) is 18.2 Å². The summed E-state index contributed by atoms with van der Waals surface area (Å²) in [5.41, 5.74) is -1.01. The first-order valence-electron chi connectivity index (χ1n) is 7.78. The molecule has 138 valence electrons. The van der Waals surface area contributed by atoms with Gasteiger partial charge in [0.15, 0.2) is 0 Å². The van der Waals surface area contributed by atoms with Crippen LogP contribution < -0.4 is 10.6 Å². The van der Waals surface area contributed by atoms with E-state index in [4.69, 9.17) is 11.6 Å². The summed E-state index contributed by atoms with van der Waals surface area (Å²) in [6, 6.07) is 2.74. The topological polar surface area (TPSA) is 61.4 Å². The molecule has 2 N–H and O–H groups in total. The van der Waals surface area contributed by atoms with Gasteiger partial charge in [-0.05, 0) is 24.1 Å². The number of hydrogen-bond acceptors (Lipinski definition) is 3. The Hall–Kier alpha value is -1.80. The number of amides is 2. The standard InChI is InChI=1S/C16H19ClF3N3O2/c1-9(2)14-15(25)21-5-6-23(14)8-13(24)22-10-3-4-12(17)11(7-10)16(18,19)20/h3-4,7,9,14H,5-6,8H2,1-2H3,(H,21,25)(H,22,24). The van der Waals surface area contributed by atoms with Crippen LogP contribution in [-0.2, 0) is 15.8 Å². The number of anilines is 1. The first-order valence-corrected chi connectivity index (χ1v) is 8.15. The lowest BCUT2D eigenvalue weighted by Crippen LogP contribution is -2.58. The molecule has 0 radical (unpaired) electrons. The lowest BCUT2D eigenvalue weighted by atomic mass is 9.99. The number of hydrogen-bond donors (Lipinski definition) is 2. The van der Waals surface area contributed by atoms with Gasteiger partial charge in [-0.3, -0.25) is 14.5 Å². The third-order valence-electron chi connectivity index (χ3n) is 3.89. The molecule has 1 atom stereocenters. The van der Waals surface area contributed by atoms with Gasteiger partial charge in [-0.15, -0.1) is 0 Å². The molecule has 1 unspecified atom stereocenters. The largest absolute Gasteiger partial charge is 0.417 e. The average Bonchev–Trinajstić information content (AvgIpc) is 2.47. The Labute approximate surface area is 148 Å². The van der Waals surface area contributed by atoms with Gasteiger partial charge in [-0.1, -0.05) is 25.4 Å². The summed E-state index contributed by atoms with van der Waals surface area (Å²) in [5, 5.41) is 4.74. The molecule has 1 aromatic carbocycles. The van der Waals surface area contributed by atoms with E-state index in [0.29, 0.717) is 13.1 Å². The average molecular weight is 378 g/mol. The van der Waals surface area contributed by atoms with Gasteiger partial charge in [-0.25, -0.2) is 0 Å². The fraction of sp³-hybridized carbons (Fsp3) is 0.500. The molecule has 1 saturated heterocycles. The van der Waals surface area contributed by atoms with Gasteiger partial charge in [0.25, 0.3) is 0 Å². The zero-order valence-electron chi connectivity index (χ0n) is 13.8. The summed E-state index contributed by atoms with van der Waals surface area (Å²) >= 11 is 5.56. The summed E-state index contributed by atoms with van der Waals surface area (Å²) in [5.74, 6) is -0.642. The normalized spacial score (nSPS) is 19.0. The van der Waals surface area contributed by atoms with E-state index in [2.05, 4.69) is 10.6 Å². The van der Waals surface area contributed by atoms with Gasteiger partial charge in [-0.2, -0.15) is 13.2 Å². The van der Waals surface area contributed by atoms with Gasteiger partial charge in [0.05, 0.1) is 23.2 Å². The molecule has 0 bridgehead atoms. The number of piperazine rings is 1. The Morgan fingerprint density at radius 2 is 2.12 bits per heavy atom. The van der Waals surface area contributed by atoms with Crippen LogP contribution in [0.3, 0.4) is 0 Å². The number of carbonyl (C=O) groups is 2. The highest BCUT2D eigenvalue weighted by Gasteiger charge is 2.34. The number of alkyl halides is 3. The summed E-state index contributed by atoms with van der Waals surface area (Å²) < 4.78 is 38.6. The fourth-order valence-electron chi connectivity index (χ4n) is 2.84. The minimum absolute atomic E-state index is 0.000430. The minimum Gasteiger partial charge on any atom is -0.353 e. The summed E-state index contributed by atoms with van der Waals surface area (Å²) in [4.78, 5) is 25.9. The number of carbonyl (C=O) groups excluding carboxylic acids is 2. The quantitative estimate of drug-likeness (QED) is 0.848. The van der Waals surface area contributed by atoms with Crippen molar-refractivity contribution in [2.45, 2.75) is 26.1 Å². The van der Waals surface area contributed by atoms with Crippen molar-refractivity contribution in [1.82, 2.24) is 10.2 Å². The summed E-state index contributed by atoms with van der Waals surface area (Å²) in [7, 11) is 0. The van der Waals surface area contributed by atoms with E-state index >= 15 is 0 Å². The molecule has 9 heteroatoms. The van der Waals surface area contributed by atoms with Gasteiger partial charge < -0.3 is 10.6 Å². The Morgan fingerprint density at radius 1 is 1.44 bits per heavy atom. The molecule has 1 fully saturated rings. The first-order chi connectivity index (χ1) is 11.6. The Morgan fingerprint density at radius 3 is 2.72 bits per heavy atom. The lowest BCUT2D eigenvalue weighted by molar-refractivity contribution is -0.137.